The van der Waals surface area contributed by atoms with E-state index in [-0.39, 0.29) is 25.6 Å². The Morgan fingerprint density at radius 2 is 0.671 bits per heavy atom. The second-order valence-electron chi connectivity index (χ2n) is 24.2. The van der Waals surface area contributed by atoms with Crippen molar-refractivity contribution in [2.24, 2.45) is 0 Å². The highest BCUT2D eigenvalue weighted by Crippen LogP contribution is 2.43. The molecule has 0 aliphatic rings. The molecule has 0 aromatic rings. The zero-order valence-corrected chi connectivity index (χ0v) is 52.4. The number of hydrogen-bond acceptors (Lipinski definition) is 7. The van der Waals surface area contributed by atoms with E-state index in [2.05, 4.69) is 26.0 Å². The molecule has 0 aliphatic carbocycles. The first-order valence-corrected chi connectivity index (χ1v) is 34.9. The molecule has 76 heavy (non-hydrogen) atoms. The van der Waals surface area contributed by atoms with Gasteiger partial charge in [0.05, 0.1) is 27.7 Å². The summed E-state index contributed by atoms with van der Waals surface area (Å²) >= 11 is 0. The Morgan fingerprint density at radius 1 is 0.395 bits per heavy atom. The predicted octanol–water partition coefficient (Wildman–Crippen LogP) is 21.2. The van der Waals surface area contributed by atoms with Crippen molar-refractivity contribution in [3.05, 3.63) is 12.2 Å². The first-order valence-electron chi connectivity index (χ1n) is 33.4. The lowest BCUT2D eigenvalue weighted by Gasteiger charge is -2.24. The summed E-state index contributed by atoms with van der Waals surface area (Å²) in [7, 11) is 1.49. The second kappa shape index (κ2) is 58.4. The van der Waals surface area contributed by atoms with E-state index in [1.165, 1.54) is 270 Å². The number of likely N-dealkylation sites (N-methyl/N-ethyl adjacent to an activating group) is 1. The lowest BCUT2D eigenvalue weighted by Crippen LogP contribution is -2.37. The number of phosphoric acid groups is 1. The van der Waals surface area contributed by atoms with E-state index in [1.54, 1.807) is 0 Å². The summed E-state index contributed by atoms with van der Waals surface area (Å²) in [4.78, 5) is 35.7. The van der Waals surface area contributed by atoms with Gasteiger partial charge in [-0.05, 0) is 38.5 Å². The molecule has 0 aromatic heterocycles. The quantitative estimate of drug-likeness (QED) is 0.0211. The van der Waals surface area contributed by atoms with Gasteiger partial charge in [-0.1, -0.05) is 309 Å². The number of nitrogens with zero attached hydrogens (tertiary/aromatic N) is 1. The van der Waals surface area contributed by atoms with Gasteiger partial charge in [0.25, 0.3) is 0 Å². The molecule has 0 saturated carbocycles. The Labute approximate surface area is 473 Å². The van der Waals surface area contributed by atoms with Crippen molar-refractivity contribution < 1.29 is 42.1 Å². The highest BCUT2D eigenvalue weighted by atomic mass is 31.2. The number of phosphoric ester groups is 1. The predicted molar refractivity (Wildman–Crippen MR) is 326 cm³/mol. The number of carbonyl (C=O) groups excluding carboxylic acids is 2. The summed E-state index contributed by atoms with van der Waals surface area (Å²) in [5.74, 6) is -0.781. The second-order valence-corrected chi connectivity index (χ2v) is 25.7. The average Bonchev–Trinajstić information content (AvgIpc) is 3.38. The van der Waals surface area contributed by atoms with Gasteiger partial charge in [0.1, 0.15) is 19.8 Å². The minimum absolute atomic E-state index is 0.0346. The highest BCUT2D eigenvalue weighted by Gasteiger charge is 2.27. The SMILES string of the molecule is CCCCCCCCC/C=C\CCCCCCCCCC(=O)OC(COC(=O)CCCCCCCCCCCCCCCCCCCCCCCCCCCCCCCCCCCC)COP(=O)(O)OCC[N+](C)(C)C. The molecular weight excluding hydrogens is 966 g/mol. The minimum Gasteiger partial charge on any atom is -0.462 e. The molecule has 2 unspecified atom stereocenters. The van der Waals surface area contributed by atoms with E-state index in [1.807, 2.05) is 21.1 Å². The van der Waals surface area contributed by atoms with Crippen LogP contribution in [0.15, 0.2) is 12.2 Å². The van der Waals surface area contributed by atoms with Crippen LogP contribution in [0.1, 0.15) is 348 Å². The number of esters is 2. The van der Waals surface area contributed by atoms with Gasteiger partial charge in [-0.3, -0.25) is 18.6 Å². The molecule has 452 valence electrons. The van der Waals surface area contributed by atoms with Gasteiger partial charge >= 0.3 is 19.8 Å². The van der Waals surface area contributed by atoms with Crippen LogP contribution < -0.4 is 0 Å². The number of rotatable bonds is 63. The Kier molecular flexibility index (Phi) is 57.4. The van der Waals surface area contributed by atoms with Crippen molar-refractivity contribution in [3.63, 3.8) is 0 Å². The third-order valence-electron chi connectivity index (χ3n) is 15.3. The Bertz CT molecular complexity index is 1290. The number of ether oxygens (including phenoxy) is 2. The van der Waals surface area contributed by atoms with Gasteiger partial charge in [0.15, 0.2) is 6.10 Å². The van der Waals surface area contributed by atoms with Gasteiger partial charge in [-0.2, -0.15) is 0 Å². The molecule has 0 saturated heterocycles. The van der Waals surface area contributed by atoms with Gasteiger partial charge in [-0.15, -0.1) is 0 Å². The number of unbranched alkanes of at least 4 members (excludes halogenated alkanes) is 47. The van der Waals surface area contributed by atoms with Crippen LogP contribution in [0.2, 0.25) is 0 Å². The lowest BCUT2D eigenvalue weighted by atomic mass is 10.0. The average molecular weight is 1100 g/mol. The van der Waals surface area contributed by atoms with Gasteiger partial charge in [0, 0.05) is 12.8 Å². The summed E-state index contributed by atoms with van der Waals surface area (Å²) in [6.07, 6.45) is 70.4. The monoisotopic (exact) mass is 1100 g/mol. The molecule has 0 aromatic carbocycles. The van der Waals surface area contributed by atoms with E-state index in [0.29, 0.717) is 23.9 Å². The molecule has 0 aliphatic heterocycles. The van der Waals surface area contributed by atoms with E-state index in [9.17, 15) is 19.0 Å². The normalized spacial score (nSPS) is 13.2. The van der Waals surface area contributed by atoms with Crippen molar-refractivity contribution in [1.82, 2.24) is 0 Å². The fraction of sp³-hybridized carbons (Fsp3) is 0.939. The Hall–Kier alpha value is -1.25. The van der Waals surface area contributed by atoms with Crippen LogP contribution in [0.4, 0.5) is 0 Å². The number of quaternary nitrogens is 1. The maximum Gasteiger partial charge on any atom is 0.472 e. The molecule has 9 nitrogen and oxygen atoms in total. The van der Waals surface area contributed by atoms with Crippen molar-refractivity contribution in [2.45, 2.75) is 354 Å². The highest BCUT2D eigenvalue weighted by molar-refractivity contribution is 7.47. The van der Waals surface area contributed by atoms with Crippen molar-refractivity contribution in [1.29, 1.82) is 0 Å². The fourth-order valence-corrected chi connectivity index (χ4v) is 10.9. The molecule has 0 fully saturated rings. The van der Waals surface area contributed by atoms with Crippen LogP contribution in [-0.4, -0.2) is 74.9 Å². The Morgan fingerprint density at radius 3 is 0.974 bits per heavy atom. The van der Waals surface area contributed by atoms with E-state index < -0.39 is 26.5 Å². The zero-order valence-electron chi connectivity index (χ0n) is 51.5. The van der Waals surface area contributed by atoms with Gasteiger partial charge in [-0.25, -0.2) is 4.57 Å². The largest absolute Gasteiger partial charge is 0.472 e. The van der Waals surface area contributed by atoms with Crippen LogP contribution >= 0.6 is 7.82 Å². The van der Waals surface area contributed by atoms with Crippen LogP contribution in [0, 0.1) is 0 Å². The van der Waals surface area contributed by atoms with Crippen molar-refractivity contribution >= 4 is 19.8 Å². The molecule has 0 heterocycles. The van der Waals surface area contributed by atoms with Crippen LogP contribution in [0.25, 0.3) is 0 Å². The summed E-state index contributed by atoms with van der Waals surface area (Å²) in [6.45, 7) is 4.50. The molecule has 0 amide bonds. The minimum atomic E-state index is -4.38. The van der Waals surface area contributed by atoms with Crippen LogP contribution in [0.3, 0.4) is 0 Å². The number of allylic oxidation sites excluding steroid dienone is 2. The number of hydrogen-bond donors (Lipinski definition) is 1. The molecular formula is C66H131NO8P+. The summed E-state index contributed by atoms with van der Waals surface area (Å²) in [5, 5.41) is 0. The van der Waals surface area contributed by atoms with Gasteiger partial charge < -0.3 is 18.9 Å². The van der Waals surface area contributed by atoms with Crippen molar-refractivity contribution in [3.8, 4) is 0 Å². The summed E-state index contributed by atoms with van der Waals surface area (Å²) in [6, 6.07) is 0. The summed E-state index contributed by atoms with van der Waals surface area (Å²) in [5.41, 5.74) is 0. The molecule has 10 heteroatoms. The van der Waals surface area contributed by atoms with E-state index in [4.69, 9.17) is 18.5 Å². The van der Waals surface area contributed by atoms with Crippen molar-refractivity contribution in [2.75, 3.05) is 47.5 Å². The molecule has 2 atom stereocenters. The number of carbonyl (C=O) groups is 2. The van der Waals surface area contributed by atoms with Crippen LogP contribution in [0.5, 0.6) is 0 Å². The first-order chi connectivity index (χ1) is 37.0. The van der Waals surface area contributed by atoms with E-state index >= 15 is 0 Å². The molecule has 0 radical (unpaired) electrons. The standard InChI is InChI=1S/C66H130NO8P/c1-6-8-10-12-14-16-18-20-22-24-26-27-28-29-30-31-32-33-34-35-36-37-38-39-40-41-43-44-46-48-50-52-54-56-58-65(68)72-62-64(63-74-76(70,71)73-61-60-67(3,4)5)75-66(69)59-57-55-53-51-49-47-45-42-25-23-21-19-17-15-13-11-9-7-2/h23,25,64H,6-22,24,26-63H2,1-5H3/p+1/b25-23-. The lowest BCUT2D eigenvalue weighted by molar-refractivity contribution is -0.870. The van der Waals surface area contributed by atoms with Crippen LogP contribution in [-0.2, 0) is 32.7 Å². The first kappa shape index (κ1) is 74.8. The summed E-state index contributed by atoms with van der Waals surface area (Å²) < 4.78 is 34.6. The van der Waals surface area contributed by atoms with Gasteiger partial charge in [0.2, 0.25) is 0 Å². The maximum absolute atomic E-state index is 12.8. The van der Waals surface area contributed by atoms with E-state index in [0.717, 1.165) is 44.9 Å². The molecule has 0 spiro atoms. The smallest absolute Gasteiger partial charge is 0.462 e. The fourth-order valence-electron chi connectivity index (χ4n) is 10.1. The zero-order chi connectivity index (χ0) is 55.6. The third kappa shape index (κ3) is 62.0. The maximum atomic E-state index is 12.8. The Balaban J connectivity index is 3.93. The topological polar surface area (TPSA) is 108 Å². The third-order valence-corrected chi connectivity index (χ3v) is 16.3. The molecule has 0 rings (SSSR count). The molecule has 1 N–H and O–H groups in total. The molecule has 0 bridgehead atoms.